The van der Waals surface area contributed by atoms with Gasteiger partial charge in [-0.3, -0.25) is 0 Å². The van der Waals surface area contributed by atoms with Crippen LogP contribution in [0.5, 0.6) is 0 Å². The zero-order chi connectivity index (χ0) is 11.5. The minimum absolute atomic E-state index is 0.358. The highest BCUT2D eigenvalue weighted by Crippen LogP contribution is 2.21. The van der Waals surface area contributed by atoms with Gasteiger partial charge in [0.05, 0.1) is 5.60 Å². The van der Waals surface area contributed by atoms with Crippen LogP contribution in [-0.4, -0.2) is 10.7 Å². The van der Waals surface area contributed by atoms with Crippen LogP contribution in [0.4, 0.5) is 8.78 Å². The maximum atomic E-state index is 12.9. The van der Waals surface area contributed by atoms with Crippen molar-refractivity contribution in [3.8, 4) is 0 Å². The molecule has 0 unspecified atom stereocenters. The van der Waals surface area contributed by atoms with Gasteiger partial charge in [-0.2, -0.15) is 0 Å². The Morgan fingerprint density at radius 3 is 2.20 bits per heavy atom. The average molecular weight is 214 g/mol. The SMILES string of the molecule is CCC(O)(CC)Cc1ccc(F)c(F)c1. The molecule has 1 rings (SSSR count). The van der Waals surface area contributed by atoms with E-state index in [0.29, 0.717) is 24.8 Å². The minimum Gasteiger partial charge on any atom is -0.390 e. The quantitative estimate of drug-likeness (QED) is 0.816. The second-order valence-corrected chi connectivity index (χ2v) is 3.86. The monoisotopic (exact) mass is 214 g/mol. The zero-order valence-corrected chi connectivity index (χ0v) is 9.06. The van der Waals surface area contributed by atoms with Crippen molar-refractivity contribution in [2.45, 2.75) is 38.7 Å². The molecular weight excluding hydrogens is 198 g/mol. The summed E-state index contributed by atoms with van der Waals surface area (Å²) < 4.78 is 25.6. The van der Waals surface area contributed by atoms with Crippen molar-refractivity contribution < 1.29 is 13.9 Å². The zero-order valence-electron chi connectivity index (χ0n) is 9.06. The normalized spacial score (nSPS) is 11.8. The second kappa shape index (κ2) is 4.71. The highest BCUT2D eigenvalue weighted by Gasteiger charge is 2.22. The van der Waals surface area contributed by atoms with Gasteiger partial charge in [0, 0.05) is 6.42 Å². The number of halogens is 2. The van der Waals surface area contributed by atoms with Crippen molar-refractivity contribution >= 4 is 0 Å². The van der Waals surface area contributed by atoms with Gasteiger partial charge in [-0.05, 0) is 30.5 Å². The van der Waals surface area contributed by atoms with Crippen LogP contribution in [0.3, 0.4) is 0 Å². The summed E-state index contributed by atoms with van der Waals surface area (Å²) >= 11 is 0. The maximum absolute atomic E-state index is 12.9. The van der Waals surface area contributed by atoms with Gasteiger partial charge in [0.2, 0.25) is 0 Å². The lowest BCUT2D eigenvalue weighted by Gasteiger charge is -2.25. The van der Waals surface area contributed by atoms with Crippen molar-refractivity contribution in [1.82, 2.24) is 0 Å². The summed E-state index contributed by atoms with van der Waals surface area (Å²) in [5.74, 6) is -1.71. The number of aliphatic hydroxyl groups is 1. The van der Waals surface area contributed by atoms with Gasteiger partial charge in [0.15, 0.2) is 11.6 Å². The number of benzene rings is 1. The molecule has 0 aliphatic carbocycles. The second-order valence-electron chi connectivity index (χ2n) is 3.86. The molecule has 0 saturated carbocycles. The molecule has 3 heteroatoms. The van der Waals surface area contributed by atoms with Crippen LogP contribution in [-0.2, 0) is 6.42 Å². The van der Waals surface area contributed by atoms with E-state index < -0.39 is 17.2 Å². The lowest BCUT2D eigenvalue weighted by molar-refractivity contribution is 0.0326. The number of hydrogen-bond acceptors (Lipinski definition) is 1. The lowest BCUT2D eigenvalue weighted by Crippen LogP contribution is -2.29. The van der Waals surface area contributed by atoms with Gasteiger partial charge in [-0.25, -0.2) is 8.78 Å². The Morgan fingerprint density at radius 2 is 1.73 bits per heavy atom. The summed E-state index contributed by atoms with van der Waals surface area (Å²) in [7, 11) is 0. The lowest BCUT2D eigenvalue weighted by atomic mass is 9.89. The molecule has 15 heavy (non-hydrogen) atoms. The predicted molar refractivity (Wildman–Crippen MR) is 55.6 cm³/mol. The summed E-state index contributed by atoms with van der Waals surface area (Å²) in [6, 6.07) is 3.75. The maximum Gasteiger partial charge on any atom is 0.159 e. The van der Waals surface area contributed by atoms with Crippen LogP contribution in [0.1, 0.15) is 32.3 Å². The first-order chi connectivity index (χ1) is 7.00. The van der Waals surface area contributed by atoms with Crippen LogP contribution >= 0.6 is 0 Å². The largest absolute Gasteiger partial charge is 0.390 e. The molecule has 1 N–H and O–H groups in total. The van der Waals surface area contributed by atoms with E-state index in [2.05, 4.69) is 0 Å². The van der Waals surface area contributed by atoms with Crippen molar-refractivity contribution in [2.24, 2.45) is 0 Å². The minimum atomic E-state index is -0.859. The molecule has 0 spiro atoms. The predicted octanol–water partition coefficient (Wildman–Crippen LogP) is 3.06. The molecule has 0 aromatic heterocycles. The Morgan fingerprint density at radius 1 is 1.13 bits per heavy atom. The first-order valence-corrected chi connectivity index (χ1v) is 5.17. The molecule has 0 heterocycles. The first kappa shape index (κ1) is 12.1. The molecule has 0 aliphatic rings. The van der Waals surface area contributed by atoms with Gasteiger partial charge in [0.1, 0.15) is 0 Å². The first-order valence-electron chi connectivity index (χ1n) is 5.17. The van der Waals surface area contributed by atoms with E-state index in [-0.39, 0.29) is 0 Å². The van der Waals surface area contributed by atoms with Gasteiger partial charge >= 0.3 is 0 Å². The van der Waals surface area contributed by atoms with Crippen LogP contribution in [0.25, 0.3) is 0 Å². The fraction of sp³-hybridized carbons (Fsp3) is 0.500. The summed E-state index contributed by atoms with van der Waals surface area (Å²) in [6.45, 7) is 3.76. The summed E-state index contributed by atoms with van der Waals surface area (Å²) in [4.78, 5) is 0. The number of rotatable bonds is 4. The molecule has 0 fully saturated rings. The topological polar surface area (TPSA) is 20.2 Å². The van der Waals surface area contributed by atoms with E-state index in [9.17, 15) is 13.9 Å². The van der Waals surface area contributed by atoms with Crippen LogP contribution in [0, 0.1) is 11.6 Å². The fourth-order valence-corrected chi connectivity index (χ4v) is 1.53. The van der Waals surface area contributed by atoms with Crippen molar-refractivity contribution in [3.05, 3.63) is 35.4 Å². The van der Waals surface area contributed by atoms with Crippen molar-refractivity contribution in [1.29, 1.82) is 0 Å². The van der Waals surface area contributed by atoms with Gasteiger partial charge in [-0.15, -0.1) is 0 Å². The van der Waals surface area contributed by atoms with E-state index >= 15 is 0 Å². The van der Waals surface area contributed by atoms with Gasteiger partial charge < -0.3 is 5.11 Å². The molecule has 1 nitrogen and oxygen atoms in total. The van der Waals surface area contributed by atoms with Gasteiger partial charge in [-0.1, -0.05) is 19.9 Å². The molecule has 0 amide bonds. The smallest absolute Gasteiger partial charge is 0.159 e. The van der Waals surface area contributed by atoms with Crippen molar-refractivity contribution in [2.75, 3.05) is 0 Å². The van der Waals surface area contributed by atoms with Crippen LogP contribution < -0.4 is 0 Å². The summed E-state index contributed by atoms with van der Waals surface area (Å²) in [5, 5.41) is 10.0. The Labute approximate surface area is 88.7 Å². The molecule has 0 saturated heterocycles. The Bertz CT molecular complexity index is 332. The molecule has 0 radical (unpaired) electrons. The van der Waals surface area contributed by atoms with E-state index in [4.69, 9.17) is 0 Å². The van der Waals surface area contributed by atoms with E-state index in [1.165, 1.54) is 6.07 Å². The van der Waals surface area contributed by atoms with Gasteiger partial charge in [0.25, 0.3) is 0 Å². The third-order valence-corrected chi connectivity index (χ3v) is 2.83. The highest BCUT2D eigenvalue weighted by atomic mass is 19.2. The van der Waals surface area contributed by atoms with E-state index in [1.807, 2.05) is 13.8 Å². The standard InChI is InChI=1S/C12H16F2O/c1-3-12(15,4-2)8-9-5-6-10(13)11(14)7-9/h5-7,15H,3-4,8H2,1-2H3. The summed E-state index contributed by atoms with van der Waals surface area (Å²) in [5.41, 5.74) is -0.190. The third kappa shape index (κ3) is 2.99. The van der Waals surface area contributed by atoms with E-state index in [0.717, 1.165) is 12.1 Å². The Kier molecular flexibility index (Phi) is 3.80. The molecule has 0 aliphatic heterocycles. The molecule has 1 aromatic rings. The Hall–Kier alpha value is -0.960. The fourth-order valence-electron chi connectivity index (χ4n) is 1.53. The summed E-state index contributed by atoms with van der Waals surface area (Å²) in [6.07, 6.45) is 1.56. The van der Waals surface area contributed by atoms with Crippen LogP contribution in [0.15, 0.2) is 18.2 Å². The molecular formula is C12H16F2O. The number of hydrogen-bond donors (Lipinski definition) is 1. The molecule has 0 bridgehead atoms. The molecule has 0 atom stereocenters. The third-order valence-electron chi connectivity index (χ3n) is 2.83. The van der Waals surface area contributed by atoms with Crippen molar-refractivity contribution in [3.63, 3.8) is 0 Å². The average Bonchev–Trinajstić information content (AvgIpc) is 2.23. The Balaban J connectivity index is 2.85. The van der Waals surface area contributed by atoms with E-state index in [1.54, 1.807) is 0 Å². The molecule has 84 valence electrons. The molecule has 1 aromatic carbocycles. The highest BCUT2D eigenvalue weighted by molar-refractivity contribution is 5.19. The van der Waals surface area contributed by atoms with Crippen LogP contribution in [0.2, 0.25) is 0 Å².